The fourth-order valence-corrected chi connectivity index (χ4v) is 11.9. The van der Waals surface area contributed by atoms with Crippen LogP contribution < -0.4 is 26.2 Å². The van der Waals surface area contributed by atoms with Gasteiger partial charge in [0.1, 0.15) is 12.5 Å². The van der Waals surface area contributed by atoms with Gasteiger partial charge in [-0.15, -0.1) is 0 Å². The first-order valence-corrected chi connectivity index (χ1v) is 25.8. The van der Waals surface area contributed by atoms with Crippen LogP contribution >= 0.6 is 0 Å². The van der Waals surface area contributed by atoms with E-state index in [2.05, 4.69) is 287 Å². The van der Waals surface area contributed by atoms with Crippen LogP contribution in [0.25, 0.3) is 82.9 Å². The number of nitrogens with zero attached hydrogens (tertiary/aromatic N) is 4. The lowest BCUT2D eigenvalue weighted by Gasteiger charge is -2.28. The Kier molecular flexibility index (Phi) is 11.0. The van der Waals surface area contributed by atoms with Crippen molar-refractivity contribution in [3.8, 4) is 50.3 Å². The minimum atomic E-state index is -0.200. The molecule has 0 saturated heterocycles. The maximum absolute atomic E-state index is 4.94. The monoisotopic (exact) mass is 956 g/mol. The second kappa shape index (κ2) is 18.7. The first-order chi connectivity index (χ1) is 37.2. The molecule has 5 heteroatoms. The topological polar surface area (TPSA) is 24.3 Å². The molecule has 3 heterocycles. The van der Waals surface area contributed by atoms with Gasteiger partial charge in [0.2, 0.25) is 6.71 Å². The molecule has 0 saturated carbocycles. The van der Waals surface area contributed by atoms with Crippen LogP contribution in [-0.4, -0.2) is 22.9 Å². The van der Waals surface area contributed by atoms with Gasteiger partial charge in [-0.3, -0.25) is 4.57 Å². The van der Waals surface area contributed by atoms with Crippen molar-refractivity contribution in [3.05, 3.63) is 285 Å². The molecule has 1 aliphatic rings. The second-order valence-electron chi connectivity index (χ2n) is 19.4. The van der Waals surface area contributed by atoms with Crippen molar-refractivity contribution in [2.45, 2.75) is 0 Å². The van der Waals surface area contributed by atoms with Crippen LogP contribution in [0.3, 0.4) is 0 Å². The molecular weight excluding hydrogens is 908 g/mol. The van der Waals surface area contributed by atoms with Crippen LogP contribution in [0.1, 0.15) is 0 Å². The first kappa shape index (κ1) is 44.0. The molecule has 0 fully saturated rings. The fourth-order valence-electron chi connectivity index (χ4n) is 11.9. The Morgan fingerprint density at radius 1 is 0.347 bits per heavy atom. The standard InChI is InChI=1S/C70H49BN4/c1-5-22-49(23-6-1)57-35-20-36-58(50-24-7-2-8-25-50)68(57)71(55-42-43-63-62-34-15-16-39-64(62)75(66(63)47-55)67-40-17-18-45-72-67)54-31-19-32-56(46-54)73-48-74(70-61-33-14-13-30-53(61)41-44-65(70)73)69-59(51-26-9-3-10-27-51)37-21-38-60(69)52-28-11-4-12-29-52/h1-47H,48H2. The first-order valence-electron chi connectivity index (χ1n) is 25.8. The minimum Gasteiger partial charge on any atom is -0.321 e. The summed E-state index contributed by atoms with van der Waals surface area (Å²) in [6.45, 7) is 0.405. The molecule has 0 spiro atoms. The predicted octanol–water partition coefficient (Wildman–Crippen LogP) is 15.8. The van der Waals surface area contributed by atoms with Gasteiger partial charge in [0.05, 0.1) is 28.1 Å². The normalized spacial score (nSPS) is 12.2. The van der Waals surface area contributed by atoms with Gasteiger partial charge in [-0.1, -0.05) is 253 Å². The van der Waals surface area contributed by atoms with E-state index < -0.39 is 0 Å². The number of rotatable bonds is 10. The quantitative estimate of drug-likeness (QED) is 0.128. The summed E-state index contributed by atoms with van der Waals surface area (Å²) in [5.74, 6) is 0.892. The Hall–Kier alpha value is -9.71. The van der Waals surface area contributed by atoms with Gasteiger partial charge in [0.15, 0.2) is 0 Å². The Labute approximate surface area is 437 Å². The smallest absolute Gasteiger partial charge is 0.243 e. The van der Waals surface area contributed by atoms with Gasteiger partial charge in [0.25, 0.3) is 0 Å². The predicted molar refractivity (Wildman–Crippen MR) is 317 cm³/mol. The van der Waals surface area contributed by atoms with Crippen molar-refractivity contribution < 1.29 is 0 Å². The van der Waals surface area contributed by atoms with E-state index in [0.29, 0.717) is 6.67 Å². The largest absolute Gasteiger partial charge is 0.321 e. The zero-order chi connectivity index (χ0) is 49.7. The third-order valence-corrected chi connectivity index (χ3v) is 15.2. The van der Waals surface area contributed by atoms with E-state index in [1.54, 1.807) is 0 Å². The molecule has 0 bridgehead atoms. The number of anilines is 4. The van der Waals surface area contributed by atoms with E-state index in [0.717, 1.165) is 22.5 Å². The maximum atomic E-state index is 4.94. The SMILES string of the molecule is c1ccc(-c2cccc(-c3ccccc3)c2B(c2cccc(N3CN(c4c(-c5ccccc5)cccc4-c4ccccc4)c4c3ccc3ccccc43)c2)c2ccc3c4ccccc4n(-c4ccccn4)c3c2)cc1. The maximum Gasteiger partial charge on any atom is 0.243 e. The lowest BCUT2D eigenvalue weighted by atomic mass is 9.35. The lowest BCUT2D eigenvalue weighted by Crippen LogP contribution is -2.53. The molecule has 0 aliphatic carbocycles. The number of hydrogen-bond donors (Lipinski definition) is 0. The molecule has 11 aromatic carbocycles. The van der Waals surface area contributed by atoms with Gasteiger partial charge in [-0.05, 0) is 81.2 Å². The number of para-hydroxylation sites is 2. The van der Waals surface area contributed by atoms with E-state index in [9.17, 15) is 0 Å². The molecule has 13 aromatic rings. The highest BCUT2D eigenvalue weighted by Gasteiger charge is 2.35. The van der Waals surface area contributed by atoms with Crippen LogP contribution in [0.5, 0.6) is 0 Å². The molecule has 0 amide bonds. The molecule has 0 N–H and O–H groups in total. The average Bonchev–Trinajstić information content (AvgIpc) is 4.06. The zero-order valence-electron chi connectivity index (χ0n) is 41.2. The van der Waals surface area contributed by atoms with E-state index in [4.69, 9.17) is 4.98 Å². The van der Waals surface area contributed by atoms with Crippen molar-refractivity contribution in [1.29, 1.82) is 0 Å². The number of aromatic nitrogens is 2. The van der Waals surface area contributed by atoms with Crippen LogP contribution in [0, 0.1) is 0 Å². The van der Waals surface area contributed by atoms with Crippen LogP contribution in [-0.2, 0) is 0 Å². The minimum absolute atomic E-state index is 0.200. The summed E-state index contributed by atoms with van der Waals surface area (Å²) in [4.78, 5) is 10.0. The Morgan fingerprint density at radius 3 is 1.52 bits per heavy atom. The molecule has 352 valence electrons. The van der Waals surface area contributed by atoms with Gasteiger partial charge in [-0.25, -0.2) is 4.98 Å². The molecule has 1 aliphatic heterocycles. The molecule has 4 nitrogen and oxygen atoms in total. The summed E-state index contributed by atoms with van der Waals surface area (Å²) in [6, 6.07) is 102. The van der Waals surface area contributed by atoms with Gasteiger partial charge in [0, 0.05) is 39.2 Å². The number of fused-ring (bicyclic) bond motifs is 6. The van der Waals surface area contributed by atoms with Crippen molar-refractivity contribution >= 4 is 78.4 Å². The highest BCUT2D eigenvalue weighted by molar-refractivity contribution is 6.97. The van der Waals surface area contributed by atoms with Crippen molar-refractivity contribution in [3.63, 3.8) is 0 Å². The molecule has 14 rings (SSSR count). The van der Waals surface area contributed by atoms with E-state index in [1.807, 2.05) is 12.3 Å². The van der Waals surface area contributed by atoms with Gasteiger partial charge in [-0.2, -0.15) is 0 Å². The lowest BCUT2D eigenvalue weighted by molar-refractivity contribution is 0.994. The summed E-state index contributed by atoms with van der Waals surface area (Å²) in [5, 5.41) is 4.82. The van der Waals surface area contributed by atoms with Crippen LogP contribution in [0.15, 0.2) is 285 Å². The van der Waals surface area contributed by atoms with Crippen molar-refractivity contribution in [1.82, 2.24) is 9.55 Å². The second-order valence-corrected chi connectivity index (χ2v) is 19.4. The number of benzene rings is 11. The van der Waals surface area contributed by atoms with Gasteiger partial charge >= 0.3 is 0 Å². The van der Waals surface area contributed by atoms with E-state index >= 15 is 0 Å². The third-order valence-electron chi connectivity index (χ3n) is 15.2. The Balaban J connectivity index is 1.01. The highest BCUT2D eigenvalue weighted by Crippen LogP contribution is 2.52. The zero-order valence-corrected chi connectivity index (χ0v) is 41.2. The Morgan fingerprint density at radius 2 is 0.880 bits per heavy atom. The van der Waals surface area contributed by atoms with Crippen molar-refractivity contribution in [2.24, 2.45) is 0 Å². The van der Waals surface area contributed by atoms with Crippen molar-refractivity contribution in [2.75, 3.05) is 16.5 Å². The molecule has 0 atom stereocenters. The summed E-state index contributed by atoms with van der Waals surface area (Å²) < 4.78 is 2.33. The molecule has 0 radical (unpaired) electrons. The number of pyridine rings is 1. The third kappa shape index (κ3) is 7.68. The molecule has 0 unspecified atom stereocenters. The van der Waals surface area contributed by atoms with Crippen LogP contribution in [0.2, 0.25) is 0 Å². The molecule has 2 aromatic heterocycles. The molecular formula is C70H49BN4. The summed E-state index contributed by atoms with van der Waals surface area (Å²) in [7, 11) is 0. The molecule has 75 heavy (non-hydrogen) atoms. The van der Waals surface area contributed by atoms with E-state index in [-0.39, 0.29) is 6.71 Å². The summed E-state index contributed by atoms with van der Waals surface area (Å²) >= 11 is 0. The average molecular weight is 957 g/mol. The van der Waals surface area contributed by atoms with E-state index in [1.165, 1.54) is 99.5 Å². The Bertz CT molecular complexity index is 4100. The highest BCUT2D eigenvalue weighted by atomic mass is 15.4. The summed E-state index contributed by atoms with van der Waals surface area (Å²) in [6.07, 6.45) is 1.89. The van der Waals surface area contributed by atoms with Gasteiger partial charge < -0.3 is 9.80 Å². The number of hydrogen-bond acceptors (Lipinski definition) is 3. The fraction of sp³-hybridized carbons (Fsp3) is 0.0143. The van der Waals surface area contributed by atoms with Crippen LogP contribution in [0.4, 0.5) is 22.7 Å². The summed E-state index contributed by atoms with van der Waals surface area (Å²) in [5.41, 5.74) is 20.1.